The number of rotatable bonds is 5. The Hall–Kier alpha value is -0.980. The molecule has 0 saturated carbocycles. The number of benzene rings is 1. The average Bonchev–Trinajstić information content (AvgIpc) is 2.47. The molecule has 2 rings (SSSR count). The number of methoxy groups -OCH3 is 1. The van der Waals surface area contributed by atoms with Crippen LogP contribution in [0.25, 0.3) is 0 Å². The Bertz CT molecular complexity index is 525. The number of alkyl halides is 1. The minimum Gasteiger partial charge on any atom is -0.497 e. The smallest absolute Gasteiger partial charge is 0.215 e. The third-order valence-corrected chi connectivity index (χ3v) is 5.69. The van der Waals surface area contributed by atoms with Gasteiger partial charge in [-0.1, -0.05) is 0 Å². The molecule has 1 saturated heterocycles. The van der Waals surface area contributed by atoms with E-state index in [0.29, 0.717) is 26.2 Å². The van der Waals surface area contributed by atoms with E-state index >= 15 is 0 Å². The molecule has 0 bridgehead atoms. The number of hydrogen-bond acceptors (Lipinski definition) is 4. The van der Waals surface area contributed by atoms with Crippen molar-refractivity contribution in [2.24, 2.45) is 0 Å². The summed E-state index contributed by atoms with van der Waals surface area (Å²) in [4.78, 5) is 2.17. The molecule has 0 aliphatic carbocycles. The van der Waals surface area contributed by atoms with Crippen molar-refractivity contribution in [3.8, 4) is 5.75 Å². The third-order valence-electron chi connectivity index (χ3n) is 3.40. The van der Waals surface area contributed by atoms with Gasteiger partial charge in [0.05, 0.1) is 12.9 Å². The minimum absolute atomic E-state index is 0.0110. The van der Waals surface area contributed by atoms with Crippen molar-refractivity contribution in [2.45, 2.75) is 0 Å². The maximum atomic E-state index is 11.9. The number of hydrogen-bond donors (Lipinski definition) is 0. The lowest BCUT2D eigenvalue weighted by Gasteiger charge is -2.35. The van der Waals surface area contributed by atoms with E-state index < -0.39 is 10.0 Å². The highest BCUT2D eigenvalue weighted by Crippen LogP contribution is 2.21. The molecule has 5 nitrogen and oxygen atoms in total. The molecule has 1 aliphatic rings. The van der Waals surface area contributed by atoms with Gasteiger partial charge in [-0.25, -0.2) is 8.42 Å². The number of anilines is 1. The lowest BCUT2D eigenvalue weighted by molar-refractivity contribution is 0.385. The molecule has 0 spiro atoms. The molecule has 0 amide bonds. The summed E-state index contributed by atoms with van der Waals surface area (Å²) in [6.07, 6.45) is 0. The van der Waals surface area contributed by atoms with E-state index in [2.05, 4.69) is 4.90 Å². The molecule has 0 aromatic heterocycles. The van der Waals surface area contributed by atoms with Crippen molar-refractivity contribution < 1.29 is 13.2 Å². The SMILES string of the molecule is COc1ccc(N2CCN(S(=O)(=O)CCCl)CC2)cc1. The number of halogens is 1. The Kier molecular flexibility index (Phi) is 5.12. The molecule has 1 aliphatic heterocycles. The number of nitrogens with zero attached hydrogens (tertiary/aromatic N) is 2. The highest BCUT2D eigenvalue weighted by atomic mass is 35.5. The van der Waals surface area contributed by atoms with Crippen LogP contribution >= 0.6 is 11.6 Å². The Balaban J connectivity index is 1.97. The van der Waals surface area contributed by atoms with Crippen molar-refractivity contribution in [3.05, 3.63) is 24.3 Å². The molecule has 1 aromatic carbocycles. The van der Waals surface area contributed by atoms with Crippen LogP contribution in [0.4, 0.5) is 5.69 Å². The molecule has 0 unspecified atom stereocenters. The van der Waals surface area contributed by atoms with Crippen LogP contribution < -0.4 is 9.64 Å². The van der Waals surface area contributed by atoms with Crippen molar-refractivity contribution in [1.82, 2.24) is 4.31 Å². The van der Waals surface area contributed by atoms with E-state index in [1.54, 1.807) is 7.11 Å². The fraction of sp³-hybridized carbons (Fsp3) is 0.538. The summed E-state index contributed by atoms with van der Waals surface area (Å²) in [5, 5.41) is 0. The van der Waals surface area contributed by atoms with Crippen LogP contribution in [-0.4, -0.2) is 57.6 Å². The minimum atomic E-state index is -3.19. The highest BCUT2D eigenvalue weighted by molar-refractivity contribution is 7.89. The van der Waals surface area contributed by atoms with Gasteiger partial charge in [0.25, 0.3) is 0 Å². The zero-order valence-electron chi connectivity index (χ0n) is 11.5. The Morgan fingerprint density at radius 2 is 1.75 bits per heavy atom. The molecule has 7 heteroatoms. The lowest BCUT2D eigenvalue weighted by atomic mass is 10.2. The Labute approximate surface area is 125 Å². The summed E-state index contributed by atoms with van der Waals surface area (Å²) < 4.78 is 30.5. The van der Waals surface area contributed by atoms with Gasteiger partial charge >= 0.3 is 0 Å². The van der Waals surface area contributed by atoms with Crippen LogP contribution in [0.3, 0.4) is 0 Å². The fourth-order valence-corrected chi connectivity index (χ4v) is 4.00. The van der Waals surface area contributed by atoms with Gasteiger partial charge in [-0.15, -0.1) is 11.6 Å². The summed E-state index contributed by atoms with van der Waals surface area (Å²) in [5.74, 6) is 0.968. The predicted molar refractivity (Wildman–Crippen MR) is 81.3 cm³/mol. The van der Waals surface area contributed by atoms with Gasteiger partial charge in [0.2, 0.25) is 10.0 Å². The molecule has 20 heavy (non-hydrogen) atoms. The molecular weight excluding hydrogens is 300 g/mol. The molecule has 0 radical (unpaired) electrons. The standard InChI is InChI=1S/C13H19ClN2O3S/c1-19-13-4-2-12(3-5-13)15-7-9-16(10-8-15)20(17,18)11-6-14/h2-5H,6-11H2,1H3. The second-order valence-electron chi connectivity index (χ2n) is 4.59. The van der Waals surface area contributed by atoms with Gasteiger partial charge in [-0.2, -0.15) is 4.31 Å². The zero-order valence-corrected chi connectivity index (χ0v) is 13.0. The van der Waals surface area contributed by atoms with Crippen LogP contribution in [-0.2, 0) is 10.0 Å². The molecule has 1 fully saturated rings. The van der Waals surface area contributed by atoms with Gasteiger partial charge in [0.1, 0.15) is 5.75 Å². The normalized spacial score (nSPS) is 17.2. The van der Waals surface area contributed by atoms with Crippen LogP contribution in [0.1, 0.15) is 0 Å². The van der Waals surface area contributed by atoms with Gasteiger partial charge in [-0.05, 0) is 24.3 Å². The first-order valence-electron chi connectivity index (χ1n) is 6.49. The summed E-state index contributed by atoms with van der Waals surface area (Å²) in [5.41, 5.74) is 1.08. The van der Waals surface area contributed by atoms with Crippen molar-refractivity contribution in [2.75, 3.05) is 49.8 Å². The molecule has 112 valence electrons. The van der Waals surface area contributed by atoms with E-state index in [0.717, 1.165) is 11.4 Å². The Morgan fingerprint density at radius 3 is 2.25 bits per heavy atom. The van der Waals surface area contributed by atoms with Crippen LogP contribution in [0.5, 0.6) is 5.75 Å². The highest BCUT2D eigenvalue weighted by Gasteiger charge is 2.26. The summed E-state index contributed by atoms with van der Waals surface area (Å²) in [6, 6.07) is 7.79. The van der Waals surface area contributed by atoms with E-state index in [1.807, 2.05) is 24.3 Å². The second-order valence-corrected chi connectivity index (χ2v) is 7.06. The summed E-state index contributed by atoms with van der Waals surface area (Å²) >= 11 is 5.53. The first-order chi connectivity index (χ1) is 9.56. The molecular formula is C13H19ClN2O3S. The van der Waals surface area contributed by atoms with Gasteiger partial charge in [0, 0.05) is 37.7 Å². The zero-order chi connectivity index (χ0) is 14.6. The second kappa shape index (κ2) is 6.65. The molecule has 0 N–H and O–H groups in total. The Morgan fingerprint density at radius 1 is 1.15 bits per heavy atom. The first kappa shape index (κ1) is 15.4. The quantitative estimate of drug-likeness (QED) is 0.770. The average molecular weight is 319 g/mol. The van der Waals surface area contributed by atoms with Gasteiger partial charge < -0.3 is 9.64 Å². The summed E-state index contributed by atoms with van der Waals surface area (Å²) in [6.45, 7) is 2.39. The number of sulfonamides is 1. The summed E-state index contributed by atoms with van der Waals surface area (Å²) in [7, 11) is -1.56. The van der Waals surface area contributed by atoms with Gasteiger partial charge in [0.15, 0.2) is 0 Å². The predicted octanol–water partition coefficient (Wildman–Crippen LogP) is 1.39. The van der Waals surface area contributed by atoms with Crippen LogP contribution in [0.15, 0.2) is 24.3 Å². The maximum absolute atomic E-state index is 11.9. The van der Waals surface area contributed by atoms with Gasteiger partial charge in [-0.3, -0.25) is 0 Å². The van der Waals surface area contributed by atoms with E-state index in [9.17, 15) is 8.42 Å². The fourth-order valence-electron chi connectivity index (χ4n) is 2.24. The molecule has 0 atom stereocenters. The van der Waals surface area contributed by atoms with E-state index in [4.69, 9.17) is 16.3 Å². The number of piperazine rings is 1. The van der Waals surface area contributed by atoms with E-state index in [1.165, 1.54) is 4.31 Å². The largest absolute Gasteiger partial charge is 0.497 e. The topological polar surface area (TPSA) is 49.9 Å². The first-order valence-corrected chi connectivity index (χ1v) is 8.64. The number of ether oxygens (including phenoxy) is 1. The van der Waals surface area contributed by atoms with Crippen molar-refractivity contribution in [1.29, 1.82) is 0 Å². The molecule has 1 aromatic rings. The monoisotopic (exact) mass is 318 g/mol. The molecule has 1 heterocycles. The van der Waals surface area contributed by atoms with E-state index in [-0.39, 0.29) is 11.6 Å². The third kappa shape index (κ3) is 3.56. The van der Waals surface area contributed by atoms with Crippen molar-refractivity contribution >= 4 is 27.3 Å². The van der Waals surface area contributed by atoms with Crippen molar-refractivity contribution in [3.63, 3.8) is 0 Å². The van der Waals surface area contributed by atoms with Crippen LogP contribution in [0, 0.1) is 0 Å². The lowest BCUT2D eigenvalue weighted by Crippen LogP contribution is -2.49. The van der Waals surface area contributed by atoms with Crippen LogP contribution in [0.2, 0.25) is 0 Å². The maximum Gasteiger partial charge on any atom is 0.215 e.